The number of phenols is 1. The van der Waals surface area contributed by atoms with E-state index in [-0.39, 0.29) is 22.4 Å². The molecule has 0 unspecified atom stereocenters. The van der Waals surface area contributed by atoms with Gasteiger partial charge in [0.2, 0.25) is 0 Å². The number of nitrogens with one attached hydrogen (secondary N) is 1. The van der Waals surface area contributed by atoms with Crippen LogP contribution in [0.15, 0.2) is 24.8 Å². The molecule has 0 radical (unpaired) electrons. The normalized spacial score (nSPS) is 18.6. The van der Waals surface area contributed by atoms with Crippen LogP contribution in [0.25, 0.3) is 0 Å². The average molecular weight is 271 g/mol. The molecule has 1 aromatic rings. The summed E-state index contributed by atoms with van der Waals surface area (Å²) in [5.74, 6) is -0.652. The summed E-state index contributed by atoms with van der Waals surface area (Å²) in [6.07, 6.45) is 1.64. The molecule has 0 spiro atoms. The first kappa shape index (κ1) is 13.3. The van der Waals surface area contributed by atoms with Crippen molar-refractivity contribution in [3.8, 4) is 5.75 Å². The van der Waals surface area contributed by atoms with Crippen molar-refractivity contribution in [2.24, 2.45) is 0 Å². The fourth-order valence-electron chi connectivity index (χ4n) is 2.25. The van der Waals surface area contributed by atoms with Crippen LogP contribution >= 0.6 is 11.6 Å². The topological polar surface area (TPSA) is 35.5 Å². The van der Waals surface area contributed by atoms with Gasteiger partial charge < -0.3 is 10.4 Å². The Morgan fingerprint density at radius 1 is 1.44 bits per heavy atom. The smallest absolute Gasteiger partial charge is 0.142 e. The molecule has 1 heterocycles. The molecular weight excluding hydrogens is 255 g/mol. The van der Waals surface area contributed by atoms with E-state index in [1.54, 1.807) is 6.08 Å². The van der Waals surface area contributed by atoms with E-state index in [9.17, 15) is 9.50 Å². The number of piperazine rings is 1. The first-order valence-corrected chi connectivity index (χ1v) is 6.27. The molecular formula is C13H16ClFN2O. The van der Waals surface area contributed by atoms with Gasteiger partial charge in [-0.1, -0.05) is 17.7 Å². The van der Waals surface area contributed by atoms with E-state index in [1.165, 1.54) is 12.1 Å². The first-order chi connectivity index (χ1) is 8.65. The second-order valence-electron chi connectivity index (χ2n) is 4.26. The predicted octanol–water partition coefficient (Wildman–Crippen LogP) is 2.32. The van der Waals surface area contributed by atoms with Gasteiger partial charge in [0.15, 0.2) is 0 Å². The molecule has 0 bridgehead atoms. The second kappa shape index (κ2) is 5.69. The lowest BCUT2D eigenvalue weighted by atomic mass is 10.0. The van der Waals surface area contributed by atoms with Gasteiger partial charge in [0.1, 0.15) is 11.6 Å². The Bertz CT molecular complexity index is 447. The zero-order chi connectivity index (χ0) is 13.1. The van der Waals surface area contributed by atoms with Crippen molar-refractivity contribution >= 4 is 11.6 Å². The maximum atomic E-state index is 13.9. The summed E-state index contributed by atoms with van der Waals surface area (Å²) in [7, 11) is 0. The summed E-state index contributed by atoms with van der Waals surface area (Å²) in [5, 5.41) is 13.3. The van der Waals surface area contributed by atoms with Gasteiger partial charge in [-0.3, -0.25) is 4.90 Å². The standard InChI is InChI=1S/C13H16ClFN2O/c1-2-11(17-7-5-16-6-8-17)12-10(15)4-3-9(14)13(12)18/h2-4,11,16,18H,1,5-8H2/t11-/m0/s1. The zero-order valence-corrected chi connectivity index (χ0v) is 10.8. The first-order valence-electron chi connectivity index (χ1n) is 5.89. The minimum atomic E-state index is -0.458. The molecule has 0 amide bonds. The molecule has 2 N–H and O–H groups in total. The Morgan fingerprint density at radius 3 is 2.72 bits per heavy atom. The Morgan fingerprint density at radius 2 is 2.11 bits per heavy atom. The SMILES string of the molecule is C=C[C@@H](c1c(F)ccc(Cl)c1O)N1CCNCC1. The highest BCUT2D eigenvalue weighted by Gasteiger charge is 2.25. The number of hydrogen-bond donors (Lipinski definition) is 2. The number of benzene rings is 1. The van der Waals surface area contributed by atoms with Crippen LogP contribution in [0, 0.1) is 5.82 Å². The summed E-state index contributed by atoms with van der Waals surface area (Å²) in [6.45, 7) is 6.98. The van der Waals surface area contributed by atoms with Crippen molar-refractivity contribution in [1.29, 1.82) is 0 Å². The zero-order valence-electron chi connectivity index (χ0n) is 10.00. The van der Waals surface area contributed by atoms with Gasteiger partial charge >= 0.3 is 0 Å². The van der Waals surface area contributed by atoms with E-state index in [1.807, 2.05) is 0 Å². The number of halogens is 2. The van der Waals surface area contributed by atoms with Gasteiger partial charge in [-0.25, -0.2) is 4.39 Å². The van der Waals surface area contributed by atoms with Crippen LogP contribution in [0.3, 0.4) is 0 Å². The van der Waals surface area contributed by atoms with Crippen molar-refractivity contribution in [1.82, 2.24) is 10.2 Å². The molecule has 0 aromatic heterocycles. The van der Waals surface area contributed by atoms with Gasteiger partial charge in [0, 0.05) is 26.2 Å². The Kier molecular flexibility index (Phi) is 4.22. The number of nitrogens with zero attached hydrogens (tertiary/aromatic N) is 1. The van der Waals surface area contributed by atoms with E-state index in [0.29, 0.717) is 0 Å². The molecule has 3 nitrogen and oxygen atoms in total. The van der Waals surface area contributed by atoms with Crippen LogP contribution in [0.1, 0.15) is 11.6 Å². The van der Waals surface area contributed by atoms with E-state index >= 15 is 0 Å². The summed E-state index contributed by atoms with van der Waals surface area (Å²) in [4.78, 5) is 2.07. The third-order valence-corrected chi connectivity index (χ3v) is 3.48. The number of phenolic OH excluding ortho intramolecular Hbond substituents is 1. The van der Waals surface area contributed by atoms with Gasteiger partial charge in [-0.15, -0.1) is 6.58 Å². The van der Waals surface area contributed by atoms with Crippen LogP contribution in [0.4, 0.5) is 4.39 Å². The largest absolute Gasteiger partial charge is 0.506 e. The molecule has 0 saturated carbocycles. The van der Waals surface area contributed by atoms with Gasteiger partial charge in [0.05, 0.1) is 16.6 Å². The number of hydrogen-bond acceptors (Lipinski definition) is 3. The second-order valence-corrected chi connectivity index (χ2v) is 4.67. The molecule has 1 atom stereocenters. The molecule has 18 heavy (non-hydrogen) atoms. The van der Waals surface area contributed by atoms with E-state index in [4.69, 9.17) is 11.6 Å². The third-order valence-electron chi connectivity index (χ3n) is 3.18. The molecule has 1 aliphatic heterocycles. The highest BCUT2D eigenvalue weighted by molar-refractivity contribution is 6.32. The van der Waals surface area contributed by atoms with Crippen LogP contribution in [0.5, 0.6) is 5.75 Å². The van der Waals surface area contributed by atoms with Crippen LogP contribution in [-0.4, -0.2) is 36.2 Å². The quantitative estimate of drug-likeness (QED) is 0.828. The highest BCUT2D eigenvalue weighted by Crippen LogP contribution is 2.36. The molecule has 1 fully saturated rings. The minimum Gasteiger partial charge on any atom is -0.506 e. The average Bonchev–Trinajstić information content (AvgIpc) is 2.40. The predicted molar refractivity (Wildman–Crippen MR) is 70.5 cm³/mol. The summed E-state index contributed by atoms with van der Waals surface area (Å²) < 4.78 is 13.9. The molecule has 5 heteroatoms. The van der Waals surface area contributed by atoms with Crippen molar-refractivity contribution in [2.45, 2.75) is 6.04 Å². The van der Waals surface area contributed by atoms with Crippen molar-refractivity contribution in [3.05, 3.63) is 41.2 Å². The number of aromatic hydroxyl groups is 1. The van der Waals surface area contributed by atoms with Crippen LogP contribution in [-0.2, 0) is 0 Å². The van der Waals surface area contributed by atoms with E-state index < -0.39 is 5.82 Å². The fraction of sp³-hybridized carbons (Fsp3) is 0.385. The summed E-state index contributed by atoms with van der Waals surface area (Å²) >= 11 is 5.84. The lowest BCUT2D eigenvalue weighted by Crippen LogP contribution is -2.44. The Balaban J connectivity index is 2.37. The molecule has 1 saturated heterocycles. The van der Waals surface area contributed by atoms with Crippen LogP contribution < -0.4 is 5.32 Å². The maximum absolute atomic E-state index is 13.9. The monoisotopic (exact) mass is 270 g/mol. The molecule has 2 rings (SSSR count). The summed E-state index contributed by atoms with van der Waals surface area (Å²) in [5.41, 5.74) is 0.208. The van der Waals surface area contributed by atoms with E-state index in [2.05, 4.69) is 16.8 Å². The van der Waals surface area contributed by atoms with Gasteiger partial charge in [-0.2, -0.15) is 0 Å². The highest BCUT2D eigenvalue weighted by atomic mass is 35.5. The van der Waals surface area contributed by atoms with Gasteiger partial charge in [0.25, 0.3) is 0 Å². The molecule has 1 aliphatic rings. The molecule has 0 aliphatic carbocycles. The van der Waals surface area contributed by atoms with Gasteiger partial charge in [-0.05, 0) is 12.1 Å². The van der Waals surface area contributed by atoms with Crippen LogP contribution in [0.2, 0.25) is 5.02 Å². The van der Waals surface area contributed by atoms with Crippen molar-refractivity contribution in [2.75, 3.05) is 26.2 Å². The third kappa shape index (κ3) is 2.51. The number of rotatable bonds is 3. The van der Waals surface area contributed by atoms with Crippen molar-refractivity contribution in [3.63, 3.8) is 0 Å². The van der Waals surface area contributed by atoms with E-state index in [0.717, 1.165) is 26.2 Å². The lowest BCUT2D eigenvalue weighted by molar-refractivity contribution is 0.197. The molecule has 1 aromatic carbocycles. The molecule has 98 valence electrons. The fourth-order valence-corrected chi connectivity index (χ4v) is 2.41. The summed E-state index contributed by atoms with van der Waals surface area (Å²) in [6, 6.07) is 2.27. The minimum absolute atomic E-state index is 0.161. The maximum Gasteiger partial charge on any atom is 0.142 e. The van der Waals surface area contributed by atoms with Crippen molar-refractivity contribution < 1.29 is 9.50 Å². The Labute approximate surface area is 111 Å². The lowest BCUT2D eigenvalue weighted by Gasteiger charge is -2.33. The Hall–Kier alpha value is -1.10.